The molecule has 0 radical (unpaired) electrons. The van der Waals surface area contributed by atoms with E-state index in [1.54, 1.807) is 18.3 Å². The van der Waals surface area contributed by atoms with Crippen LogP contribution in [0.2, 0.25) is 0 Å². The van der Waals surface area contributed by atoms with Gasteiger partial charge in [-0.05, 0) is 46.3 Å². The van der Waals surface area contributed by atoms with Crippen molar-refractivity contribution in [3.05, 3.63) is 58.1 Å². The molecule has 3 amide bonds. The van der Waals surface area contributed by atoms with Crippen LogP contribution in [0, 0.1) is 5.82 Å². The number of benzene rings is 1. The van der Waals surface area contributed by atoms with Gasteiger partial charge in [0.2, 0.25) is 5.91 Å². The normalized spacial score (nSPS) is 10.1. The van der Waals surface area contributed by atoms with Crippen molar-refractivity contribution >= 4 is 33.7 Å². The Morgan fingerprint density at radius 1 is 1.12 bits per heavy atom. The molecule has 0 aliphatic carbocycles. The number of H-pyrrole nitrogens is 1. The first-order valence-electron chi connectivity index (χ1n) is 6.93. The molecular formula is C15H14BrFN4O3. The Labute approximate surface area is 145 Å². The average molecular weight is 397 g/mol. The molecule has 126 valence electrons. The molecule has 0 saturated carbocycles. The number of rotatable bonds is 5. The van der Waals surface area contributed by atoms with Gasteiger partial charge in [0, 0.05) is 23.6 Å². The molecule has 0 aliphatic heterocycles. The quantitative estimate of drug-likeness (QED) is 0.575. The molecule has 0 saturated heterocycles. The maximum atomic E-state index is 13.1. The molecular weight excluding hydrogens is 383 g/mol. The van der Waals surface area contributed by atoms with Crippen molar-refractivity contribution in [2.75, 3.05) is 6.54 Å². The molecule has 1 heterocycles. The zero-order valence-electron chi connectivity index (χ0n) is 12.4. The first-order valence-corrected chi connectivity index (χ1v) is 7.72. The van der Waals surface area contributed by atoms with Crippen molar-refractivity contribution < 1.29 is 18.8 Å². The van der Waals surface area contributed by atoms with E-state index in [4.69, 9.17) is 0 Å². The average Bonchev–Trinajstić information content (AvgIpc) is 3.09. The van der Waals surface area contributed by atoms with Crippen LogP contribution in [0.15, 0.2) is 41.0 Å². The third-order valence-electron chi connectivity index (χ3n) is 2.97. The summed E-state index contributed by atoms with van der Waals surface area (Å²) in [6.07, 6.45) is 1.53. The number of carbonyl (C=O) groups excluding carboxylic acids is 3. The van der Waals surface area contributed by atoms with Gasteiger partial charge in [0.1, 0.15) is 11.5 Å². The van der Waals surface area contributed by atoms with Gasteiger partial charge in [0.25, 0.3) is 11.8 Å². The molecule has 2 rings (SSSR count). The summed E-state index contributed by atoms with van der Waals surface area (Å²) in [5.74, 6) is -2.01. The number of nitrogens with one attached hydrogen (secondary N) is 4. The van der Waals surface area contributed by atoms with E-state index in [1.807, 2.05) is 0 Å². The molecule has 0 bridgehead atoms. The van der Waals surface area contributed by atoms with E-state index in [2.05, 4.69) is 37.1 Å². The summed E-state index contributed by atoms with van der Waals surface area (Å²) in [5.41, 5.74) is 4.90. The lowest BCUT2D eigenvalue weighted by atomic mass is 10.2. The number of halogens is 2. The van der Waals surface area contributed by atoms with Crippen LogP contribution in [0.5, 0.6) is 0 Å². The number of aromatic nitrogens is 1. The Morgan fingerprint density at radius 3 is 2.62 bits per heavy atom. The first kappa shape index (κ1) is 17.7. The molecule has 0 fully saturated rings. The second-order valence-electron chi connectivity index (χ2n) is 4.72. The van der Waals surface area contributed by atoms with Crippen molar-refractivity contribution in [1.29, 1.82) is 0 Å². The van der Waals surface area contributed by atoms with E-state index < -0.39 is 23.5 Å². The summed E-state index contributed by atoms with van der Waals surface area (Å²) >= 11 is 3.15. The summed E-state index contributed by atoms with van der Waals surface area (Å²) in [7, 11) is 0. The molecule has 0 unspecified atom stereocenters. The van der Waals surface area contributed by atoms with Crippen LogP contribution in [0.1, 0.15) is 27.3 Å². The summed E-state index contributed by atoms with van der Waals surface area (Å²) in [4.78, 5) is 37.8. The highest BCUT2D eigenvalue weighted by Gasteiger charge is 2.12. The van der Waals surface area contributed by atoms with Crippen LogP contribution in [0.4, 0.5) is 4.39 Å². The number of hydrazine groups is 1. The minimum Gasteiger partial charge on any atom is -0.357 e. The van der Waals surface area contributed by atoms with E-state index in [-0.39, 0.29) is 18.5 Å². The largest absolute Gasteiger partial charge is 0.357 e. The highest BCUT2D eigenvalue weighted by Crippen LogP contribution is 2.17. The third-order valence-corrected chi connectivity index (χ3v) is 3.66. The summed E-state index contributed by atoms with van der Waals surface area (Å²) in [6, 6.07) is 6.94. The predicted octanol–water partition coefficient (Wildman–Crippen LogP) is 1.50. The monoisotopic (exact) mass is 396 g/mol. The van der Waals surface area contributed by atoms with Crippen molar-refractivity contribution in [1.82, 2.24) is 21.2 Å². The number of hydrogen-bond acceptors (Lipinski definition) is 3. The number of aromatic amines is 1. The minimum atomic E-state index is -0.534. The molecule has 1 aromatic carbocycles. The smallest absolute Gasteiger partial charge is 0.286 e. The zero-order valence-corrected chi connectivity index (χ0v) is 13.9. The van der Waals surface area contributed by atoms with Crippen molar-refractivity contribution in [3.8, 4) is 0 Å². The van der Waals surface area contributed by atoms with Gasteiger partial charge >= 0.3 is 0 Å². The molecule has 0 spiro atoms. The highest BCUT2D eigenvalue weighted by atomic mass is 79.9. The molecule has 0 atom stereocenters. The highest BCUT2D eigenvalue weighted by molar-refractivity contribution is 9.10. The topological polar surface area (TPSA) is 103 Å². The molecule has 4 N–H and O–H groups in total. The standard InChI is InChI=1S/C15H14BrFN4O3/c16-11-4-3-9(17)8-10(11)14(23)19-7-5-13(22)20-21-15(24)12-2-1-6-18-12/h1-4,6,8,18H,5,7H2,(H,19,23)(H,20,22)(H,21,24). The molecule has 1 aromatic heterocycles. The minimum absolute atomic E-state index is 0.0337. The Hall–Kier alpha value is -2.68. The van der Waals surface area contributed by atoms with Gasteiger partial charge in [0.05, 0.1) is 5.56 Å². The Balaban J connectivity index is 1.73. The van der Waals surface area contributed by atoms with Crippen LogP contribution in [0.3, 0.4) is 0 Å². The van der Waals surface area contributed by atoms with Gasteiger partial charge < -0.3 is 10.3 Å². The molecule has 9 heteroatoms. The molecule has 24 heavy (non-hydrogen) atoms. The Morgan fingerprint density at radius 2 is 1.92 bits per heavy atom. The lowest BCUT2D eigenvalue weighted by molar-refractivity contribution is -0.121. The third kappa shape index (κ3) is 4.92. The summed E-state index contributed by atoms with van der Waals surface area (Å²) in [6.45, 7) is 0.0337. The SMILES string of the molecule is O=C(CCNC(=O)c1cc(F)ccc1Br)NNC(=O)c1ccc[nH]1. The van der Waals surface area contributed by atoms with Crippen LogP contribution in [0.25, 0.3) is 0 Å². The van der Waals surface area contributed by atoms with E-state index in [1.165, 1.54) is 12.1 Å². The lowest BCUT2D eigenvalue weighted by Crippen LogP contribution is -2.43. The van der Waals surface area contributed by atoms with E-state index in [0.717, 1.165) is 6.07 Å². The molecule has 7 nitrogen and oxygen atoms in total. The summed E-state index contributed by atoms with van der Waals surface area (Å²) < 4.78 is 13.6. The van der Waals surface area contributed by atoms with Crippen LogP contribution >= 0.6 is 15.9 Å². The van der Waals surface area contributed by atoms with Gasteiger partial charge in [-0.2, -0.15) is 0 Å². The fourth-order valence-electron chi connectivity index (χ4n) is 1.78. The van der Waals surface area contributed by atoms with Gasteiger partial charge in [-0.15, -0.1) is 0 Å². The lowest BCUT2D eigenvalue weighted by Gasteiger charge is -2.08. The second kappa shape index (κ2) is 8.25. The predicted molar refractivity (Wildman–Crippen MR) is 87.5 cm³/mol. The molecule has 0 aliphatic rings. The Kier molecular flexibility index (Phi) is 6.07. The second-order valence-corrected chi connectivity index (χ2v) is 5.57. The first-order chi connectivity index (χ1) is 11.5. The number of carbonyl (C=O) groups is 3. The number of amides is 3. The van der Waals surface area contributed by atoms with Crippen LogP contribution in [-0.4, -0.2) is 29.3 Å². The number of hydrogen-bond donors (Lipinski definition) is 4. The van der Waals surface area contributed by atoms with Crippen LogP contribution < -0.4 is 16.2 Å². The van der Waals surface area contributed by atoms with Gasteiger partial charge in [-0.3, -0.25) is 25.2 Å². The maximum Gasteiger partial charge on any atom is 0.286 e. The van der Waals surface area contributed by atoms with Crippen molar-refractivity contribution in [3.63, 3.8) is 0 Å². The van der Waals surface area contributed by atoms with E-state index in [0.29, 0.717) is 10.2 Å². The maximum absolute atomic E-state index is 13.1. The summed E-state index contributed by atoms with van der Waals surface area (Å²) in [5, 5.41) is 2.50. The van der Waals surface area contributed by atoms with Gasteiger partial charge in [0.15, 0.2) is 0 Å². The van der Waals surface area contributed by atoms with Gasteiger partial charge in [-0.1, -0.05) is 0 Å². The molecule has 2 aromatic rings. The zero-order chi connectivity index (χ0) is 17.5. The van der Waals surface area contributed by atoms with E-state index in [9.17, 15) is 18.8 Å². The van der Waals surface area contributed by atoms with Crippen molar-refractivity contribution in [2.24, 2.45) is 0 Å². The van der Waals surface area contributed by atoms with Crippen molar-refractivity contribution in [2.45, 2.75) is 6.42 Å². The fourth-order valence-corrected chi connectivity index (χ4v) is 2.21. The van der Waals surface area contributed by atoms with E-state index >= 15 is 0 Å². The van der Waals surface area contributed by atoms with Crippen LogP contribution in [-0.2, 0) is 4.79 Å². The Bertz CT molecular complexity index is 749. The fraction of sp³-hybridized carbons (Fsp3) is 0.133. The van der Waals surface area contributed by atoms with Gasteiger partial charge in [-0.25, -0.2) is 4.39 Å².